The largest absolute Gasteiger partial charge is 0.472 e. The molecule has 1 aliphatic heterocycles. The molecule has 30 heavy (non-hydrogen) atoms. The molecule has 1 aliphatic rings. The van der Waals surface area contributed by atoms with Gasteiger partial charge < -0.3 is 19.9 Å². The van der Waals surface area contributed by atoms with E-state index in [0.717, 1.165) is 25.1 Å². The highest BCUT2D eigenvalue weighted by Crippen LogP contribution is 2.30. The number of nitriles is 1. The summed E-state index contributed by atoms with van der Waals surface area (Å²) in [5.74, 6) is 0.515. The predicted molar refractivity (Wildman–Crippen MR) is 110 cm³/mol. The number of aromatic nitrogens is 5. The summed E-state index contributed by atoms with van der Waals surface area (Å²) >= 11 is 0. The molecule has 1 fully saturated rings. The van der Waals surface area contributed by atoms with Gasteiger partial charge in [0.1, 0.15) is 17.8 Å². The molecule has 0 radical (unpaired) electrons. The fraction of sp³-hybridized carbons (Fsp3) is 0.350. The Kier molecular flexibility index (Phi) is 5.34. The summed E-state index contributed by atoms with van der Waals surface area (Å²) in [6, 6.07) is 2.14. The van der Waals surface area contributed by atoms with E-state index >= 15 is 0 Å². The number of hydrogen-bond acceptors (Lipinski definition) is 7. The Bertz CT molecular complexity index is 1130. The summed E-state index contributed by atoms with van der Waals surface area (Å²) in [5.41, 5.74) is 1.64. The van der Waals surface area contributed by atoms with Gasteiger partial charge in [-0.25, -0.2) is 0 Å². The fourth-order valence-electron chi connectivity index (χ4n) is 3.48. The third-order valence-corrected chi connectivity index (χ3v) is 4.97. The first-order chi connectivity index (χ1) is 14.6. The Hall–Kier alpha value is -3.87. The molecule has 0 spiro atoms. The molecule has 2 N–H and O–H groups in total. The average Bonchev–Trinajstić information content (AvgIpc) is 3.40. The van der Waals surface area contributed by atoms with Crippen molar-refractivity contribution in [1.29, 1.82) is 5.26 Å². The van der Waals surface area contributed by atoms with Gasteiger partial charge in [-0.2, -0.15) is 20.3 Å². The first-order valence-electron chi connectivity index (χ1n) is 9.78. The predicted octanol–water partition coefficient (Wildman–Crippen LogP) is 2.35. The summed E-state index contributed by atoms with van der Waals surface area (Å²) in [4.78, 5) is 25.7. The van der Waals surface area contributed by atoms with Crippen LogP contribution < -0.4 is 10.1 Å². The second-order valence-corrected chi connectivity index (χ2v) is 6.97. The van der Waals surface area contributed by atoms with Crippen LogP contribution in [-0.2, 0) is 11.3 Å². The van der Waals surface area contributed by atoms with E-state index in [1.807, 2.05) is 13.1 Å². The van der Waals surface area contributed by atoms with E-state index in [9.17, 15) is 10.1 Å². The SMILES string of the molecule is C=CC(=O)N1CCC[C@@H](Oc2nc(Nc3cnn(CC)c3)nc3[nH]cc(C#N)c23)C1. The smallest absolute Gasteiger partial charge is 0.246 e. The number of H-pyrrole nitrogens is 1. The van der Waals surface area contributed by atoms with Crippen molar-refractivity contribution in [3.8, 4) is 11.9 Å². The van der Waals surface area contributed by atoms with E-state index in [1.165, 1.54) is 6.08 Å². The second kappa shape index (κ2) is 8.24. The fourth-order valence-corrected chi connectivity index (χ4v) is 3.48. The van der Waals surface area contributed by atoms with Crippen molar-refractivity contribution < 1.29 is 9.53 Å². The summed E-state index contributed by atoms with van der Waals surface area (Å²) in [7, 11) is 0. The summed E-state index contributed by atoms with van der Waals surface area (Å²) in [5, 5.41) is 17.3. The van der Waals surface area contributed by atoms with Gasteiger partial charge in [0.25, 0.3) is 0 Å². The van der Waals surface area contributed by atoms with Gasteiger partial charge in [-0.3, -0.25) is 9.48 Å². The summed E-state index contributed by atoms with van der Waals surface area (Å²) < 4.78 is 7.97. The van der Waals surface area contributed by atoms with Gasteiger partial charge in [-0.15, -0.1) is 0 Å². The number of carbonyl (C=O) groups excluding carboxylic acids is 1. The van der Waals surface area contributed by atoms with Crippen LogP contribution in [0.3, 0.4) is 0 Å². The molecule has 4 heterocycles. The van der Waals surface area contributed by atoms with Gasteiger partial charge in [0.05, 0.1) is 29.4 Å². The number of aryl methyl sites for hydroxylation is 1. The molecule has 154 valence electrons. The number of rotatable bonds is 6. The van der Waals surface area contributed by atoms with Crippen LogP contribution in [-0.4, -0.2) is 54.7 Å². The molecular formula is C20H22N8O2. The molecule has 3 aromatic heterocycles. The maximum atomic E-state index is 12.0. The molecule has 1 atom stereocenters. The van der Waals surface area contributed by atoms with Crippen LogP contribution in [0, 0.1) is 11.3 Å². The summed E-state index contributed by atoms with van der Waals surface area (Å²) in [6.07, 6.45) is 7.79. The standard InChI is InChI=1S/C20H22N8O2/c1-3-16(29)27-7-5-6-15(12-27)30-19-17-13(8-21)9-22-18(17)25-20(26-19)24-14-10-23-28(4-2)11-14/h3,9-11,15H,1,4-7,12H2,2H3,(H2,22,24,25,26)/t15-/m1/s1. The van der Waals surface area contributed by atoms with Gasteiger partial charge in [0.2, 0.25) is 17.7 Å². The van der Waals surface area contributed by atoms with Gasteiger partial charge >= 0.3 is 0 Å². The molecule has 10 nitrogen and oxygen atoms in total. The quantitative estimate of drug-likeness (QED) is 0.602. The van der Waals surface area contributed by atoms with Crippen LogP contribution >= 0.6 is 0 Å². The van der Waals surface area contributed by atoms with Crippen LogP contribution in [0.2, 0.25) is 0 Å². The Morgan fingerprint density at radius 3 is 3.13 bits per heavy atom. The number of piperidine rings is 1. The van der Waals surface area contributed by atoms with Crippen LogP contribution in [0.4, 0.5) is 11.6 Å². The maximum Gasteiger partial charge on any atom is 0.246 e. The number of amides is 1. The van der Waals surface area contributed by atoms with Crippen LogP contribution in [0.25, 0.3) is 11.0 Å². The molecule has 3 aromatic rings. The Morgan fingerprint density at radius 1 is 1.53 bits per heavy atom. The lowest BCUT2D eigenvalue weighted by molar-refractivity contribution is -0.128. The van der Waals surface area contributed by atoms with Crippen LogP contribution in [0.15, 0.2) is 31.2 Å². The molecular weight excluding hydrogens is 384 g/mol. The molecule has 1 saturated heterocycles. The molecule has 0 unspecified atom stereocenters. The summed E-state index contributed by atoms with van der Waals surface area (Å²) in [6.45, 7) is 7.41. The van der Waals surface area contributed by atoms with Gasteiger partial charge in [0.15, 0.2) is 0 Å². The normalized spacial score (nSPS) is 16.3. The number of fused-ring (bicyclic) bond motifs is 1. The second-order valence-electron chi connectivity index (χ2n) is 6.97. The first-order valence-corrected chi connectivity index (χ1v) is 9.78. The van der Waals surface area contributed by atoms with Crippen molar-refractivity contribution in [3.63, 3.8) is 0 Å². The molecule has 0 bridgehead atoms. The van der Waals surface area contributed by atoms with Crippen molar-refractivity contribution in [2.45, 2.75) is 32.4 Å². The third-order valence-electron chi connectivity index (χ3n) is 4.97. The van der Waals surface area contributed by atoms with Crippen molar-refractivity contribution in [2.75, 3.05) is 18.4 Å². The molecule has 0 saturated carbocycles. The zero-order valence-electron chi connectivity index (χ0n) is 16.6. The van der Waals surface area contributed by atoms with E-state index in [2.05, 4.69) is 38.0 Å². The number of carbonyl (C=O) groups is 1. The van der Waals surface area contributed by atoms with Gasteiger partial charge in [0, 0.05) is 25.5 Å². The highest BCUT2D eigenvalue weighted by Gasteiger charge is 2.26. The highest BCUT2D eigenvalue weighted by atomic mass is 16.5. The number of ether oxygens (including phenoxy) is 1. The monoisotopic (exact) mass is 406 g/mol. The number of nitrogens with zero attached hydrogens (tertiary/aromatic N) is 6. The van der Waals surface area contributed by atoms with Crippen LogP contribution in [0.1, 0.15) is 25.3 Å². The average molecular weight is 406 g/mol. The maximum absolute atomic E-state index is 12.0. The van der Waals surface area contributed by atoms with Gasteiger partial charge in [-0.1, -0.05) is 6.58 Å². The van der Waals surface area contributed by atoms with Gasteiger partial charge in [-0.05, 0) is 25.8 Å². The Morgan fingerprint density at radius 2 is 2.40 bits per heavy atom. The number of anilines is 2. The molecule has 10 heteroatoms. The minimum absolute atomic E-state index is 0.120. The van der Waals surface area contributed by atoms with E-state index in [0.29, 0.717) is 41.5 Å². The van der Waals surface area contributed by atoms with E-state index in [1.54, 1.807) is 22.0 Å². The Balaban J connectivity index is 1.64. The minimum atomic E-state index is -0.238. The van der Waals surface area contributed by atoms with Crippen molar-refractivity contribution in [1.82, 2.24) is 29.6 Å². The van der Waals surface area contributed by atoms with Crippen molar-refractivity contribution in [2.24, 2.45) is 0 Å². The van der Waals surface area contributed by atoms with E-state index in [-0.39, 0.29) is 12.0 Å². The first kappa shape index (κ1) is 19.4. The lowest BCUT2D eigenvalue weighted by atomic mass is 10.1. The van der Waals surface area contributed by atoms with Crippen LogP contribution in [0.5, 0.6) is 5.88 Å². The minimum Gasteiger partial charge on any atom is -0.472 e. The molecule has 1 amide bonds. The zero-order valence-corrected chi connectivity index (χ0v) is 16.6. The topological polar surface area (TPSA) is 125 Å². The number of aromatic amines is 1. The zero-order chi connectivity index (χ0) is 21.1. The molecule has 4 rings (SSSR count). The van der Waals surface area contributed by atoms with Crippen molar-refractivity contribution >= 4 is 28.6 Å². The lowest BCUT2D eigenvalue weighted by Crippen LogP contribution is -2.43. The van der Waals surface area contributed by atoms with E-state index < -0.39 is 0 Å². The lowest BCUT2D eigenvalue weighted by Gasteiger charge is -2.32. The Labute approximate surface area is 173 Å². The number of hydrogen-bond donors (Lipinski definition) is 2. The van der Waals surface area contributed by atoms with Crippen molar-refractivity contribution in [3.05, 3.63) is 36.8 Å². The number of nitrogens with one attached hydrogen (secondary N) is 2. The third kappa shape index (κ3) is 3.82. The highest BCUT2D eigenvalue weighted by molar-refractivity contribution is 5.88. The number of likely N-dealkylation sites (tertiary alicyclic amines) is 1. The molecule has 0 aromatic carbocycles. The molecule has 0 aliphatic carbocycles. The van der Waals surface area contributed by atoms with E-state index in [4.69, 9.17) is 4.74 Å².